The van der Waals surface area contributed by atoms with E-state index in [2.05, 4.69) is 25.3 Å². The van der Waals surface area contributed by atoms with E-state index in [1.165, 1.54) is 11.5 Å². The van der Waals surface area contributed by atoms with Crippen molar-refractivity contribution in [3.05, 3.63) is 35.5 Å². The summed E-state index contributed by atoms with van der Waals surface area (Å²) in [6.07, 6.45) is 1.03. The number of amides is 1. The zero-order valence-electron chi connectivity index (χ0n) is 18.9. The van der Waals surface area contributed by atoms with Gasteiger partial charge in [0.15, 0.2) is 17.5 Å². The molecule has 0 aromatic carbocycles. The number of aromatic amines is 1. The van der Waals surface area contributed by atoms with Gasteiger partial charge in [-0.1, -0.05) is 32.4 Å². The van der Waals surface area contributed by atoms with Crippen LogP contribution in [0.1, 0.15) is 41.0 Å². The number of H-pyrrole nitrogens is 1. The number of halogens is 5. The Morgan fingerprint density at radius 3 is 2.39 bits per heavy atom. The summed E-state index contributed by atoms with van der Waals surface area (Å²) in [5.41, 5.74) is 1.14. The van der Waals surface area contributed by atoms with E-state index < -0.39 is 18.5 Å². The minimum absolute atomic E-state index is 0.00743. The first-order valence-corrected chi connectivity index (χ1v) is 10.5. The molecule has 33 heavy (non-hydrogen) atoms. The van der Waals surface area contributed by atoms with Gasteiger partial charge in [-0.3, -0.25) is 4.79 Å². The maximum absolute atomic E-state index is 14.0. The molecule has 3 rings (SSSR count). The van der Waals surface area contributed by atoms with Crippen molar-refractivity contribution in [1.82, 2.24) is 25.3 Å². The van der Waals surface area contributed by atoms with E-state index in [4.69, 9.17) is 11.6 Å². The van der Waals surface area contributed by atoms with E-state index in [0.717, 1.165) is 17.4 Å². The van der Waals surface area contributed by atoms with Crippen LogP contribution in [0.5, 0.6) is 0 Å². The topological polar surface area (TPSA) is 95.6 Å². The molecule has 182 valence electrons. The molecule has 0 saturated heterocycles. The third kappa shape index (κ3) is 8.83. The summed E-state index contributed by atoms with van der Waals surface area (Å²) in [7, 11) is 0. The van der Waals surface area contributed by atoms with Crippen LogP contribution in [0.3, 0.4) is 0 Å². The van der Waals surface area contributed by atoms with Crippen LogP contribution >= 0.6 is 11.6 Å². The lowest BCUT2D eigenvalue weighted by atomic mass is 10.0. The Labute approximate surface area is 194 Å². The second kappa shape index (κ2) is 12.3. The molecule has 3 heterocycles. The van der Waals surface area contributed by atoms with Crippen LogP contribution in [0.15, 0.2) is 24.7 Å². The van der Waals surface area contributed by atoms with E-state index in [1.807, 2.05) is 34.6 Å². The summed E-state index contributed by atoms with van der Waals surface area (Å²) in [6, 6.07) is 1.78. The molecule has 0 saturated carbocycles. The van der Waals surface area contributed by atoms with Gasteiger partial charge in [-0.05, 0) is 26.3 Å². The Hall–Kier alpha value is -2.95. The summed E-state index contributed by atoms with van der Waals surface area (Å²) in [6.45, 7) is 8.75. The lowest BCUT2D eigenvalue weighted by Gasteiger charge is -2.25. The molecule has 0 unspecified atom stereocenters. The Kier molecular flexibility index (Phi) is 10.5. The van der Waals surface area contributed by atoms with Gasteiger partial charge in [-0.25, -0.2) is 19.3 Å². The maximum Gasteiger partial charge on any atom is 0.405 e. The van der Waals surface area contributed by atoms with Gasteiger partial charge in [-0.2, -0.15) is 13.2 Å². The first kappa shape index (κ1) is 28.1. The normalized spacial score (nSPS) is 11.1. The number of nitrogens with zero attached hydrogens (tertiary/aromatic N) is 3. The summed E-state index contributed by atoms with van der Waals surface area (Å²) in [5, 5.41) is 5.92. The van der Waals surface area contributed by atoms with Crippen LogP contribution in [0.25, 0.3) is 22.4 Å². The molecule has 0 bridgehead atoms. The van der Waals surface area contributed by atoms with Gasteiger partial charge in [0.05, 0.1) is 11.2 Å². The first-order chi connectivity index (χ1) is 15.5. The number of alkyl halides is 3. The first-order valence-electron chi connectivity index (χ1n) is 10.1. The summed E-state index contributed by atoms with van der Waals surface area (Å²) in [4.78, 5) is 24.9. The molecule has 0 aliphatic carbocycles. The molecule has 0 fully saturated rings. The fourth-order valence-electron chi connectivity index (χ4n) is 2.31. The molecule has 7 nitrogen and oxygen atoms in total. The second-order valence-electron chi connectivity index (χ2n) is 7.12. The third-order valence-corrected chi connectivity index (χ3v) is 4.42. The van der Waals surface area contributed by atoms with Gasteiger partial charge < -0.3 is 15.6 Å². The highest BCUT2D eigenvalue weighted by Crippen LogP contribution is 2.29. The molecule has 3 aromatic rings. The van der Waals surface area contributed by atoms with Crippen molar-refractivity contribution in [2.24, 2.45) is 0 Å². The van der Waals surface area contributed by atoms with Crippen LogP contribution < -0.4 is 10.6 Å². The smallest absolute Gasteiger partial charge is 0.363 e. The van der Waals surface area contributed by atoms with Crippen molar-refractivity contribution >= 4 is 34.9 Å². The number of carbonyl (C=O) groups excluding carboxylic acids is 1. The molecule has 12 heteroatoms. The van der Waals surface area contributed by atoms with Crippen molar-refractivity contribution < 1.29 is 22.4 Å². The van der Waals surface area contributed by atoms with Crippen molar-refractivity contribution in [1.29, 1.82) is 0 Å². The minimum atomic E-state index is -4.29. The van der Waals surface area contributed by atoms with Crippen LogP contribution in [0, 0.1) is 5.82 Å². The molecular weight excluding hydrogens is 464 g/mol. The Morgan fingerprint density at radius 2 is 1.85 bits per heavy atom. The average Bonchev–Trinajstić information content (AvgIpc) is 3.18. The number of pyridine rings is 1. The monoisotopic (exact) mass is 490 g/mol. The molecule has 0 spiro atoms. The number of hydrogen-bond acceptors (Lipinski definition) is 5. The highest BCUT2D eigenvalue weighted by molar-refractivity contribution is 6.31. The van der Waals surface area contributed by atoms with E-state index >= 15 is 0 Å². The van der Waals surface area contributed by atoms with Gasteiger partial charge in [0, 0.05) is 28.9 Å². The molecule has 0 aliphatic rings. The fraction of sp³-hybridized carbons (Fsp3) is 0.429. The van der Waals surface area contributed by atoms with Crippen LogP contribution in [0.4, 0.5) is 23.4 Å². The van der Waals surface area contributed by atoms with E-state index in [0.29, 0.717) is 16.5 Å². The minimum Gasteiger partial charge on any atom is -0.363 e. The van der Waals surface area contributed by atoms with Gasteiger partial charge in [-0.15, -0.1) is 0 Å². The van der Waals surface area contributed by atoms with E-state index in [1.54, 1.807) is 18.5 Å². The molecule has 3 aromatic heterocycles. The third-order valence-electron chi connectivity index (χ3n) is 4.21. The zero-order valence-corrected chi connectivity index (χ0v) is 19.7. The van der Waals surface area contributed by atoms with Crippen LogP contribution in [-0.2, 0) is 4.79 Å². The largest absolute Gasteiger partial charge is 0.405 e. The molecule has 0 aliphatic heterocycles. The Morgan fingerprint density at radius 1 is 1.18 bits per heavy atom. The maximum atomic E-state index is 14.0. The molecule has 1 amide bonds. The summed E-state index contributed by atoms with van der Waals surface area (Å²) >= 11 is 6.01. The Balaban J connectivity index is 0.000000464. The Bertz CT molecular complexity index is 1040. The van der Waals surface area contributed by atoms with Crippen molar-refractivity contribution in [2.45, 2.75) is 52.8 Å². The quantitative estimate of drug-likeness (QED) is 0.303. The van der Waals surface area contributed by atoms with Crippen molar-refractivity contribution in [2.75, 3.05) is 11.9 Å². The lowest BCUT2D eigenvalue weighted by molar-refractivity contribution is -0.132. The molecule has 0 atom stereocenters. The number of nitrogens with one attached hydrogen (secondary N) is 3. The van der Waals surface area contributed by atoms with Crippen molar-refractivity contribution in [3.63, 3.8) is 0 Å². The number of rotatable bonds is 6. The number of aromatic nitrogens is 4. The van der Waals surface area contributed by atoms with Crippen molar-refractivity contribution in [3.8, 4) is 11.4 Å². The lowest BCUT2D eigenvalue weighted by Crippen LogP contribution is -2.30. The SMILES string of the molecule is CC.CCC(C)(C)Nc1nc(-c2c[nH]c3ncc(Cl)cc23)ncc1F.O=CNCC(F)(F)F. The number of fused-ring (bicyclic) bond motifs is 1. The van der Waals surface area contributed by atoms with Gasteiger partial charge in [0.25, 0.3) is 0 Å². The number of hydrogen-bond donors (Lipinski definition) is 3. The highest BCUT2D eigenvalue weighted by atomic mass is 35.5. The summed E-state index contributed by atoms with van der Waals surface area (Å²) in [5.74, 6) is 0.119. The number of carbonyl (C=O) groups is 1. The van der Waals surface area contributed by atoms with Crippen LogP contribution in [-0.4, -0.2) is 44.6 Å². The standard InChI is InChI=1S/C16H17ClFN5.C3H4F3NO.C2H6/c1-4-16(2,3)23-15-12(18)8-21-14(22-15)11-7-20-13-10(11)5-9(17)6-19-13;4-3(5,6)1-7-2-8;1-2/h5-8H,4H2,1-3H3,(H,19,20)(H,21,22,23);2H,1H2,(H,7,8);1-2H3. The van der Waals surface area contributed by atoms with E-state index in [9.17, 15) is 22.4 Å². The number of anilines is 1. The van der Waals surface area contributed by atoms with Gasteiger partial charge in [0.2, 0.25) is 6.41 Å². The second-order valence-corrected chi connectivity index (χ2v) is 7.56. The predicted octanol–water partition coefficient (Wildman–Crippen LogP) is 5.73. The summed E-state index contributed by atoms with van der Waals surface area (Å²) < 4.78 is 47.1. The zero-order chi connectivity index (χ0) is 25.2. The average molecular weight is 491 g/mol. The van der Waals surface area contributed by atoms with Gasteiger partial charge in [0.1, 0.15) is 12.2 Å². The van der Waals surface area contributed by atoms with Gasteiger partial charge >= 0.3 is 6.18 Å². The predicted molar refractivity (Wildman–Crippen MR) is 122 cm³/mol. The molecule has 0 radical (unpaired) electrons. The van der Waals surface area contributed by atoms with E-state index in [-0.39, 0.29) is 17.8 Å². The molecular formula is C21H27ClF4N6O. The fourth-order valence-corrected chi connectivity index (χ4v) is 2.47. The highest BCUT2D eigenvalue weighted by Gasteiger charge is 2.25. The van der Waals surface area contributed by atoms with Crippen LogP contribution in [0.2, 0.25) is 5.02 Å². The molecule has 3 N–H and O–H groups in total.